The fraction of sp³-hybridized carbons (Fsp3) is 0.214. The fourth-order valence-corrected chi connectivity index (χ4v) is 4.09. The molecular weight excluding hydrogens is 420 g/mol. The van der Waals surface area contributed by atoms with Gasteiger partial charge in [-0.3, -0.25) is 14.5 Å². The number of rotatable bonds is 6. The van der Waals surface area contributed by atoms with Crippen LogP contribution in [0.15, 0.2) is 32.8 Å². The molecule has 158 valence electrons. The molecule has 2 aliphatic rings. The SMILES string of the molecule is NC(N)=N/N=C\C1=C(C(=O)O)N2C(=O)C(NC(=O)C(=NO)c3cnc(N)[nH]3)[C@@H]2SC1. The number of guanidine groups is 1. The zero-order chi connectivity index (χ0) is 22.0. The van der Waals surface area contributed by atoms with Gasteiger partial charge in [-0.15, -0.1) is 16.9 Å². The van der Waals surface area contributed by atoms with Crippen LogP contribution in [0.2, 0.25) is 0 Å². The van der Waals surface area contributed by atoms with Crippen molar-refractivity contribution in [2.24, 2.45) is 26.8 Å². The van der Waals surface area contributed by atoms with Crippen LogP contribution in [-0.2, 0) is 14.4 Å². The number of H-pyrrole nitrogens is 1. The molecule has 2 atom stereocenters. The third kappa shape index (κ3) is 3.75. The predicted octanol–water partition coefficient (Wildman–Crippen LogP) is -2.83. The molecule has 2 aliphatic heterocycles. The van der Waals surface area contributed by atoms with Gasteiger partial charge in [0.15, 0.2) is 11.7 Å². The quantitative estimate of drug-likeness (QED) is 0.0790. The molecule has 1 unspecified atom stereocenters. The van der Waals surface area contributed by atoms with Crippen molar-refractivity contribution < 1.29 is 24.7 Å². The molecule has 1 saturated heterocycles. The molecule has 3 heterocycles. The van der Waals surface area contributed by atoms with E-state index in [9.17, 15) is 19.5 Å². The molecule has 0 aliphatic carbocycles. The minimum absolute atomic E-state index is 0.00107. The fourth-order valence-electron chi connectivity index (χ4n) is 2.80. The van der Waals surface area contributed by atoms with Crippen LogP contribution in [0.5, 0.6) is 0 Å². The minimum atomic E-state index is -1.35. The first kappa shape index (κ1) is 20.6. The van der Waals surface area contributed by atoms with Crippen molar-refractivity contribution in [3.05, 3.63) is 23.2 Å². The molecule has 0 radical (unpaired) electrons. The zero-order valence-electron chi connectivity index (χ0n) is 15.0. The van der Waals surface area contributed by atoms with Gasteiger partial charge in [-0.2, -0.15) is 5.10 Å². The third-order valence-electron chi connectivity index (χ3n) is 4.04. The second kappa shape index (κ2) is 8.11. The number of imidazole rings is 1. The van der Waals surface area contributed by atoms with E-state index >= 15 is 0 Å². The van der Waals surface area contributed by atoms with Crippen molar-refractivity contribution in [2.45, 2.75) is 11.4 Å². The second-order valence-corrected chi connectivity index (χ2v) is 7.05. The minimum Gasteiger partial charge on any atom is -0.477 e. The highest BCUT2D eigenvalue weighted by Crippen LogP contribution is 2.39. The van der Waals surface area contributed by atoms with E-state index in [4.69, 9.17) is 22.4 Å². The van der Waals surface area contributed by atoms with Gasteiger partial charge in [-0.25, -0.2) is 9.78 Å². The summed E-state index contributed by atoms with van der Waals surface area (Å²) in [7, 11) is 0. The number of nitrogen functional groups attached to an aromatic ring is 1. The molecule has 0 saturated carbocycles. The number of anilines is 1. The van der Waals surface area contributed by atoms with Crippen molar-refractivity contribution in [1.82, 2.24) is 20.2 Å². The van der Waals surface area contributed by atoms with Crippen LogP contribution in [0.3, 0.4) is 0 Å². The highest BCUT2D eigenvalue weighted by molar-refractivity contribution is 8.00. The Bertz CT molecular complexity index is 1020. The van der Waals surface area contributed by atoms with Gasteiger partial charge >= 0.3 is 5.97 Å². The summed E-state index contributed by atoms with van der Waals surface area (Å²) in [4.78, 5) is 44.0. The molecule has 0 bridgehead atoms. The van der Waals surface area contributed by atoms with E-state index in [1.165, 1.54) is 18.0 Å². The van der Waals surface area contributed by atoms with Crippen molar-refractivity contribution in [3.8, 4) is 0 Å². The Morgan fingerprint density at radius 1 is 1.43 bits per heavy atom. The molecule has 1 aromatic heterocycles. The summed E-state index contributed by atoms with van der Waals surface area (Å²) in [6.45, 7) is 0. The number of amides is 2. The Morgan fingerprint density at radius 2 is 2.17 bits per heavy atom. The molecule has 3 rings (SSSR count). The maximum Gasteiger partial charge on any atom is 0.353 e. The van der Waals surface area contributed by atoms with Crippen LogP contribution in [0.4, 0.5) is 5.95 Å². The number of carboxylic acids is 1. The molecular formula is C14H16N10O5S. The van der Waals surface area contributed by atoms with Crippen LogP contribution in [0.1, 0.15) is 5.69 Å². The molecule has 16 heteroatoms. The summed E-state index contributed by atoms with van der Waals surface area (Å²) in [5.74, 6) is -3.03. The van der Waals surface area contributed by atoms with E-state index in [0.29, 0.717) is 0 Å². The standard InChI is InChI=1S/C14H16N10O5S/c15-13(16)22-19-1-4-3-30-11-7(10(26)24(11)8(4)12(27)28)21-9(25)6(23-29)5-2-18-14(17)20-5/h1-2,7,11,29H,3H2,(H,21,25)(H,27,28)(H4,15,16,22)(H3,17,18,20)/b19-1-,23-6?/t7?,11-/m0/s1. The summed E-state index contributed by atoms with van der Waals surface area (Å²) in [5, 5.41) is 30.3. The van der Waals surface area contributed by atoms with Gasteiger partial charge in [0.05, 0.1) is 18.1 Å². The van der Waals surface area contributed by atoms with E-state index in [1.54, 1.807) is 0 Å². The molecule has 15 nitrogen and oxygen atoms in total. The van der Waals surface area contributed by atoms with E-state index in [2.05, 4.69) is 30.6 Å². The number of aliphatic carboxylic acids is 1. The maximum absolute atomic E-state index is 12.6. The van der Waals surface area contributed by atoms with Crippen molar-refractivity contribution in [1.29, 1.82) is 0 Å². The lowest BCUT2D eigenvalue weighted by Crippen LogP contribution is -2.71. The average molecular weight is 436 g/mol. The van der Waals surface area contributed by atoms with Crippen LogP contribution in [0, 0.1) is 0 Å². The molecule has 0 aromatic carbocycles. The normalized spacial score (nSPS) is 21.3. The van der Waals surface area contributed by atoms with E-state index in [-0.39, 0.29) is 34.6 Å². The molecule has 0 spiro atoms. The number of thioether (sulfide) groups is 1. The average Bonchev–Trinajstić information content (AvgIpc) is 3.11. The number of carbonyl (C=O) groups excluding carboxylic acids is 2. The van der Waals surface area contributed by atoms with E-state index in [1.807, 2.05) is 0 Å². The number of aromatic nitrogens is 2. The number of nitrogens with zero attached hydrogens (tertiary/aromatic N) is 5. The number of fused-ring (bicyclic) bond motifs is 1. The number of oxime groups is 1. The van der Waals surface area contributed by atoms with Crippen LogP contribution < -0.4 is 22.5 Å². The maximum atomic E-state index is 12.6. The molecule has 30 heavy (non-hydrogen) atoms. The second-order valence-electron chi connectivity index (χ2n) is 5.94. The van der Waals surface area contributed by atoms with E-state index in [0.717, 1.165) is 11.1 Å². The summed E-state index contributed by atoms with van der Waals surface area (Å²) >= 11 is 1.20. The Hall–Kier alpha value is -4.08. The third-order valence-corrected chi connectivity index (χ3v) is 5.34. The van der Waals surface area contributed by atoms with Crippen LogP contribution in [0.25, 0.3) is 0 Å². The Labute approximate surface area is 171 Å². The number of nitrogens with one attached hydrogen (secondary N) is 2. The highest BCUT2D eigenvalue weighted by atomic mass is 32.2. The highest BCUT2D eigenvalue weighted by Gasteiger charge is 2.54. The van der Waals surface area contributed by atoms with Crippen LogP contribution >= 0.6 is 11.8 Å². The van der Waals surface area contributed by atoms with Gasteiger partial charge in [0.2, 0.25) is 5.96 Å². The van der Waals surface area contributed by atoms with Crippen molar-refractivity contribution in [3.63, 3.8) is 0 Å². The molecule has 2 amide bonds. The van der Waals surface area contributed by atoms with Crippen LogP contribution in [-0.4, -0.2) is 78.0 Å². The first-order chi connectivity index (χ1) is 14.2. The zero-order valence-corrected chi connectivity index (χ0v) is 15.8. The van der Waals surface area contributed by atoms with Gasteiger partial charge in [0.1, 0.15) is 17.1 Å². The number of aromatic amines is 1. The van der Waals surface area contributed by atoms with Crippen molar-refractivity contribution >= 4 is 53.4 Å². The number of carbonyl (C=O) groups is 3. The first-order valence-electron chi connectivity index (χ1n) is 8.11. The Morgan fingerprint density at radius 3 is 2.73 bits per heavy atom. The number of nitrogens with two attached hydrogens (primary N) is 3. The lowest BCUT2D eigenvalue weighted by molar-refractivity contribution is -0.150. The largest absolute Gasteiger partial charge is 0.477 e. The molecule has 1 aromatic rings. The summed E-state index contributed by atoms with van der Waals surface area (Å²) in [6.07, 6.45) is 2.33. The summed E-state index contributed by atoms with van der Waals surface area (Å²) in [6, 6.07) is -1.04. The Balaban J connectivity index is 1.78. The Kier molecular flexibility index (Phi) is 5.58. The smallest absolute Gasteiger partial charge is 0.353 e. The van der Waals surface area contributed by atoms with Gasteiger partial charge < -0.3 is 37.8 Å². The topological polar surface area (TPSA) is 251 Å². The first-order valence-corrected chi connectivity index (χ1v) is 9.16. The summed E-state index contributed by atoms with van der Waals surface area (Å²) in [5.41, 5.74) is 15.3. The number of hydrogen-bond donors (Lipinski definition) is 7. The van der Waals surface area contributed by atoms with Gasteiger partial charge in [-0.1, -0.05) is 5.16 Å². The monoisotopic (exact) mass is 436 g/mol. The number of carboxylic acid groups (broad SMARTS) is 1. The van der Waals surface area contributed by atoms with Gasteiger partial charge in [0, 0.05) is 11.3 Å². The van der Waals surface area contributed by atoms with Crippen molar-refractivity contribution in [2.75, 3.05) is 11.5 Å². The molecule has 10 N–H and O–H groups in total. The lowest BCUT2D eigenvalue weighted by atomic mass is 10.0. The summed E-state index contributed by atoms with van der Waals surface area (Å²) < 4.78 is 0. The predicted molar refractivity (Wildman–Crippen MR) is 105 cm³/mol. The van der Waals surface area contributed by atoms with E-state index < -0.39 is 34.9 Å². The number of hydrogen-bond acceptors (Lipinski definition) is 10. The van der Waals surface area contributed by atoms with Gasteiger partial charge in [-0.05, 0) is 0 Å². The van der Waals surface area contributed by atoms with Gasteiger partial charge in [0.25, 0.3) is 11.8 Å². The molecule has 1 fully saturated rings. The lowest BCUT2D eigenvalue weighted by Gasteiger charge is -2.49. The number of β-lactam (4-membered cyclic amide) rings is 1.